The lowest BCUT2D eigenvalue weighted by Crippen LogP contribution is -2.34. The second-order valence-electron chi connectivity index (χ2n) is 4.96. The van der Waals surface area contributed by atoms with E-state index in [1.165, 1.54) is 0 Å². The number of hydrogen-bond acceptors (Lipinski definition) is 5. The summed E-state index contributed by atoms with van der Waals surface area (Å²) in [7, 11) is 0. The van der Waals surface area contributed by atoms with E-state index in [1.807, 2.05) is 12.3 Å². The number of carbonyl (C=O) groups excluding carboxylic acids is 1. The van der Waals surface area contributed by atoms with E-state index in [-0.39, 0.29) is 5.97 Å². The molecule has 0 spiro atoms. The molecule has 0 fully saturated rings. The highest BCUT2D eigenvalue weighted by molar-refractivity contribution is 5.97. The van der Waals surface area contributed by atoms with Gasteiger partial charge in [0.15, 0.2) is 0 Å². The molecule has 0 saturated carbocycles. The Morgan fingerprint density at radius 1 is 1.43 bits per heavy atom. The van der Waals surface area contributed by atoms with Crippen molar-refractivity contribution in [3.8, 4) is 0 Å². The molecular formula is C15H18N4O2. The molecule has 1 aromatic carbocycles. The summed E-state index contributed by atoms with van der Waals surface area (Å²) in [6.45, 7) is 4.48. The number of fused-ring (bicyclic) bond motifs is 1. The van der Waals surface area contributed by atoms with Gasteiger partial charge in [0.05, 0.1) is 24.4 Å². The molecule has 2 aromatic rings. The van der Waals surface area contributed by atoms with Crippen molar-refractivity contribution >= 4 is 17.3 Å². The number of aromatic nitrogens is 2. The second kappa shape index (κ2) is 5.47. The number of nitrogen functional groups attached to an aromatic ring is 1. The summed E-state index contributed by atoms with van der Waals surface area (Å²) in [6.07, 6.45) is 3.77. The van der Waals surface area contributed by atoms with Gasteiger partial charge in [0.2, 0.25) is 0 Å². The number of nitrogens with zero attached hydrogens (tertiary/aromatic N) is 3. The molecule has 0 atom stereocenters. The van der Waals surface area contributed by atoms with Crippen LogP contribution in [0.4, 0.5) is 11.4 Å². The topological polar surface area (TPSA) is 73.4 Å². The Morgan fingerprint density at radius 3 is 3.10 bits per heavy atom. The van der Waals surface area contributed by atoms with Crippen LogP contribution in [0.15, 0.2) is 30.6 Å². The van der Waals surface area contributed by atoms with E-state index in [9.17, 15) is 4.79 Å². The maximum atomic E-state index is 12.1. The van der Waals surface area contributed by atoms with Crippen molar-refractivity contribution in [2.45, 2.75) is 20.0 Å². The van der Waals surface area contributed by atoms with Gasteiger partial charge in [-0.1, -0.05) is 0 Å². The molecule has 3 rings (SSSR count). The van der Waals surface area contributed by atoms with Crippen molar-refractivity contribution in [3.05, 3.63) is 42.0 Å². The zero-order valence-electron chi connectivity index (χ0n) is 12.0. The Kier molecular flexibility index (Phi) is 3.51. The number of hydrogen-bond donors (Lipinski definition) is 1. The molecule has 0 saturated heterocycles. The highest BCUT2D eigenvalue weighted by Crippen LogP contribution is 2.27. The fraction of sp³-hybridized carbons (Fsp3) is 0.333. The van der Waals surface area contributed by atoms with Crippen LogP contribution in [0.1, 0.15) is 23.1 Å². The maximum Gasteiger partial charge on any atom is 0.340 e. The predicted octanol–water partition coefficient (Wildman–Crippen LogP) is 1.66. The summed E-state index contributed by atoms with van der Waals surface area (Å²) in [6, 6.07) is 5.35. The Labute approximate surface area is 123 Å². The number of anilines is 2. The van der Waals surface area contributed by atoms with Crippen LogP contribution >= 0.6 is 0 Å². The lowest BCUT2D eigenvalue weighted by Gasteiger charge is -2.30. The third kappa shape index (κ3) is 2.56. The molecule has 0 unspecified atom stereocenters. The van der Waals surface area contributed by atoms with Gasteiger partial charge in [-0.3, -0.25) is 0 Å². The van der Waals surface area contributed by atoms with Crippen LogP contribution in [-0.2, 0) is 17.8 Å². The first-order valence-electron chi connectivity index (χ1n) is 7.00. The van der Waals surface area contributed by atoms with Crippen LogP contribution in [0, 0.1) is 0 Å². The van der Waals surface area contributed by atoms with Crippen molar-refractivity contribution in [3.63, 3.8) is 0 Å². The molecule has 21 heavy (non-hydrogen) atoms. The minimum atomic E-state index is -0.339. The number of carbonyl (C=O) groups is 1. The van der Waals surface area contributed by atoms with E-state index in [2.05, 4.69) is 14.5 Å². The number of nitrogens with two attached hydrogens (primary N) is 1. The molecule has 1 aliphatic heterocycles. The van der Waals surface area contributed by atoms with Gasteiger partial charge in [-0.25, -0.2) is 9.78 Å². The van der Waals surface area contributed by atoms with E-state index in [1.54, 1.807) is 25.3 Å². The Morgan fingerprint density at radius 2 is 2.29 bits per heavy atom. The highest BCUT2D eigenvalue weighted by Gasteiger charge is 2.22. The lowest BCUT2D eigenvalue weighted by atomic mass is 10.1. The normalized spacial score (nSPS) is 13.9. The van der Waals surface area contributed by atoms with Crippen molar-refractivity contribution in [2.24, 2.45) is 0 Å². The standard InChI is InChI=1S/C15H18N4O2/c1-2-21-15(20)12-9-11(16)3-4-13(12)19-8-7-18-6-5-17-14(18)10-19/h3-6,9H,2,7-8,10,16H2,1H3. The Bertz CT molecular complexity index is 665. The zero-order chi connectivity index (χ0) is 14.8. The van der Waals surface area contributed by atoms with E-state index in [0.717, 1.165) is 24.6 Å². The number of ether oxygens (including phenoxy) is 1. The number of esters is 1. The lowest BCUT2D eigenvalue weighted by molar-refractivity contribution is 0.0527. The second-order valence-corrected chi connectivity index (χ2v) is 4.96. The van der Waals surface area contributed by atoms with Crippen molar-refractivity contribution in [2.75, 3.05) is 23.8 Å². The zero-order valence-corrected chi connectivity index (χ0v) is 12.0. The summed E-state index contributed by atoms with van der Waals surface area (Å²) in [5.74, 6) is 0.654. The Hall–Kier alpha value is -2.50. The molecule has 1 aromatic heterocycles. The first-order chi connectivity index (χ1) is 10.2. The van der Waals surface area contributed by atoms with E-state index in [0.29, 0.717) is 24.4 Å². The summed E-state index contributed by atoms with van der Waals surface area (Å²) in [4.78, 5) is 18.6. The summed E-state index contributed by atoms with van der Waals surface area (Å²) >= 11 is 0. The van der Waals surface area contributed by atoms with Crippen LogP contribution in [0.25, 0.3) is 0 Å². The molecule has 110 valence electrons. The van der Waals surface area contributed by atoms with E-state index < -0.39 is 0 Å². The first kappa shape index (κ1) is 13.5. The molecule has 6 heteroatoms. The molecule has 0 amide bonds. The van der Waals surface area contributed by atoms with Crippen LogP contribution in [0.2, 0.25) is 0 Å². The van der Waals surface area contributed by atoms with Crippen LogP contribution in [0.5, 0.6) is 0 Å². The highest BCUT2D eigenvalue weighted by atomic mass is 16.5. The minimum Gasteiger partial charge on any atom is -0.462 e. The molecule has 6 nitrogen and oxygen atoms in total. The number of benzene rings is 1. The van der Waals surface area contributed by atoms with Crippen LogP contribution in [0.3, 0.4) is 0 Å². The fourth-order valence-electron chi connectivity index (χ4n) is 2.58. The predicted molar refractivity (Wildman–Crippen MR) is 80.1 cm³/mol. The third-order valence-corrected chi connectivity index (χ3v) is 3.60. The minimum absolute atomic E-state index is 0.339. The van der Waals surface area contributed by atoms with Gasteiger partial charge in [0.1, 0.15) is 5.82 Å². The summed E-state index contributed by atoms with van der Waals surface area (Å²) in [5, 5.41) is 0. The van der Waals surface area contributed by atoms with Crippen molar-refractivity contribution < 1.29 is 9.53 Å². The summed E-state index contributed by atoms with van der Waals surface area (Å²) in [5.41, 5.74) is 7.72. The SMILES string of the molecule is CCOC(=O)c1cc(N)ccc1N1CCn2ccnc2C1. The van der Waals surface area contributed by atoms with Gasteiger partial charge in [0.25, 0.3) is 0 Å². The average molecular weight is 286 g/mol. The maximum absolute atomic E-state index is 12.1. The molecular weight excluding hydrogens is 268 g/mol. The van der Waals surface area contributed by atoms with Crippen LogP contribution < -0.4 is 10.6 Å². The van der Waals surface area contributed by atoms with E-state index >= 15 is 0 Å². The fourth-order valence-corrected chi connectivity index (χ4v) is 2.58. The third-order valence-electron chi connectivity index (χ3n) is 3.60. The largest absolute Gasteiger partial charge is 0.462 e. The van der Waals surface area contributed by atoms with Crippen LogP contribution in [-0.4, -0.2) is 28.7 Å². The van der Waals surface area contributed by atoms with Gasteiger partial charge >= 0.3 is 5.97 Å². The van der Waals surface area contributed by atoms with Gasteiger partial charge < -0.3 is 19.9 Å². The molecule has 0 radical (unpaired) electrons. The molecule has 0 bridgehead atoms. The molecule has 2 heterocycles. The number of rotatable bonds is 3. The monoisotopic (exact) mass is 286 g/mol. The average Bonchev–Trinajstić information content (AvgIpc) is 2.94. The van der Waals surface area contributed by atoms with Gasteiger partial charge in [-0.05, 0) is 25.1 Å². The number of imidazole rings is 1. The van der Waals surface area contributed by atoms with E-state index in [4.69, 9.17) is 10.5 Å². The summed E-state index contributed by atoms with van der Waals surface area (Å²) < 4.78 is 7.25. The molecule has 0 aliphatic carbocycles. The van der Waals surface area contributed by atoms with Crippen molar-refractivity contribution in [1.29, 1.82) is 0 Å². The van der Waals surface area contributed by atoms with Crippen molar-refractivity contribution in [1.82, 2.24) is 9.55 Å². The smallest absolute Gasteiger partial charge is 0.340 e. The van der Waals surface area contributed by atoms with Gasteiger partial charge in [-0.15, -0.1) is 0 Å². The quantitative estimate of drug-likeness (QED) is 0.686. The van der Waals surface area contributed by atoms with Gasteiger partial charge in [-0.2, -0.15) is 0 Å². The molecule has 2 N–H and O–H groups in total. The molecule has 1 aliphatic rings. The van der Waals surface area contributed by atoms with Gasteiger partial charge in [0, 0.05) is 31.2 Å². The first-order valence-corrected chi connectivity index (χ1v) is 7.00. The Balaban J connectivity index is 1.93.